The summed E-state index contributed by atoms with van der Waals surface area (Å²) in [6.45, 7) is 2.23. The number of fused-ring (bicyclic) bond motifs is 2. The van der Waals surface area contributed by atoms with Crippen molar-refractivity contribution >= 4 is 0 Å². The molecule has 1 N–H and O–H groups in total. The first-order valence-electron chi connectivity index (χ1n) is 8.15. The molecule has 3 unspecified atom stereocenters. The van der Waals surface area contributed by atoms with Crippen LogP contribution in [-0.2, 0) is 0 Å². The van der Waals surface area contributed by atoms with E-state index in [9.17, 15) is 0 Å². The van der Waals surface area contributed by atoms with Gasteiger partial charge in [0.2, 0.25) is 0 Å². The van der Waals surface area contributed by atoms with Crippen molar-refractivity contribution in [3.05, 3.63) is 35.4 Å². The highest BCUT2D eigenvalue weighted by Gasteiger charge is 2.36. The van der Waals surface area contributed by atoms with Gasteiger partial charge in [-0.15, -0.1) is 0 Å². The molecule has 3 atom stereocenters. The first-order valence-corrected chi connectivity index (χ1v) is 8.15. The van der Waals surface area contributed by atoms with Crippen LogP contribution in [0.25, 0.3) is 0 Å². The van der Waals surface area contributed by atoms with E-state index in [1.165, 1.54) is 37.7 Å². The van der Waals surface area contributed by atoms with E-state index in [0.717, 1.165) is 17.6 Å². The standard InChI is InChI=1S/C18H25N3/c1-13(15-8-6-14(12-19)7-9-15)20-16-10-17-4-3-5-18(11-16)21(17)2/h6-9,13,16-18,20H,3-5,10-11H2,1-2H3. The highest BCUT2D eigenvalue weighted by molar-refractivity contribution is 5.32. The Bertz CT molecular complexity index is 502. The number of hydrogen-bond donors (Lipinski definition) is 1. The molecular weight excluding hydrogens is 258 g/mol. The minimum Gasteiger partial charge on any atom is -0.307 e. The van der Waals surface area contributed by atoms with Crippen molar-refractivity contribution in [1.82, 2.24) is 10.2 Å². The molecule has 3 nitrogen and oxygen atoms in total. The van der Waals surface area contributed by atoms with E-state index >= 15 is 0 Å². The molecule has 3 heteroatoms. The predicted molar refractivity (Wildman–Crippen MR) is 84.9 cm³/mol. The lowest BCUT2D eigenvalue weighted by atomic mass is 9.82. The zero-order valence-corrected chi connectivity index (χ0v) is 13.0. The first kappa shape index (κ1) is 14.6. The van der Waals surface area contributed by atoms with Crippen LogP contribution in [0, 0.1) is 11.3 Å². The van der Waals surface area contributed by atoms with Gasteiger partial charge in [-0.25, -0.2) is 0 Å². The number of rotatable bonds is 3. The maximum absolute atomic E-state index is 8.87. The van der Waals surface area contributed by atoms with Gasteiger partial charge < -0.3 is 10.2 Å². The van der Waals surface area contributed by atoms with Gasteiger partial charge in [-0.05, 0) is 57.4 Å². The molecule has 0 aromatic heterocycles. The van der Waals surface area contributed by atoms with Gasteiger partial charge in [0.25, 0.3) is 0 Å². The second-order valence-corrected chi connectivity index (χ2v) is 6.69. The summed E-state index contributed by atoms with van der Waals surface area (Å²) in [6, 6.07) is 12.7. The third kappa shape index (κ3) is 3.12. The molecule has 1 aromatic carbocycles. The fourth-order valence-corrected chi connectivity index (χ4v) is 4.05. The van der Waals surface area contributed by atoms with Crippen LogP contribution in [0.2, 0.25) is 0 Å². The third-order valence-corrected chi connectivity index (χ3v) is 5.37. The molecule has 0 amide bonds. The second kappa shape index (κ2) is 6.17. The van der Waals surface area contributed by atoms with Crippen molar-refractivity contribution in [3.8, 4) is 6.07 Å². The summed E-state index contributed by atoms with van der Waals surface area (Å²) in [5.41, 5.74) is 2.01. The molecule has 2 aliphatic heterocycles. The highest BCUT2D eigenvalue weighted by atomic mass is 15.2. The Balaban J connectivity index is 1.62. The minimum atomic E-state index is 0.354. The Morgan fingerprint density at radius 2 is 1.81 bits per heavy atom. The Kier molecular flexibility index (Phi) is 4.28. The van der Waals surface area contributed by atoms with Gasteiger partial charge in [-0.2, -0.15) is 5.26 Å². The van der Waals surface area contributed by atoms with E-state index in [1.54, 1.807) is 0 Å². The van der Waals surface area contributed by atoms with Crippen LogP contribution in [0.3, 0.4) is 0 Å². The number of hydrogen-bond acceptors (Lipinski definition) is 3. The van der Waals surface area contributed by atoms with Gasteiger partial charge in [0.05, 0.1) is 11.6 Å². The quantitative estimate of drug-likeness (QED) is 0.925. The van der Waals surface area contributed by atoms with E-state index < -0.39 is 0 Å². The van der Waals surface area contributed by atoms with Gasteiger partial charge in [-0.1, -0.05) is 18.6 Å². The minimum absolute atomic E-state index is 0.354. The van der Waals surface area contributed by atoms with Crippen LogP contribution in [0.4, 0.5) is 0 Å². The molecule has 0 spiro atoms. The number of nitrogens with one attached hydrogen (secondary N) is 1. The molecule has 112 valence electrons. The zero-order chi connectivity index (χ0) is 14.8. The Morgan fingerprint density at radius 1 is 1.19 bits per heavy atom. The average molecular weight is 283 g/mol. The van der Waals surface area contributed by atoms with E-state index in [4.69, 9.17) is 5.26 Å². The molecule has 21 heavy (non-hydrogen) atoms. The van der Waals surface area contributed by atoms with Crippen molar-refractivity contribution in [2.45, 2.75) is 63.2 Å². The lowest BCUT2D eigenvalue weighted by Crippen LogP contribution is -2.54. The second-order valence-electron chi connectivity index (χ2n) is 6.69. The van der Waals surface area contributed by atoms with E-state index in [-0.39, 0.29) is 0 Å². The lowest BCUT2D eigenvalue weighted by molar-refractivity contribution is 0.0463. The Hall–Kier alpha value is -1.37. The first-order chi connectivity index (χ1) is 10.2. The summed E-state index contributed by atoms with van der Waals surface area (Å²) in [6.07, 6.45) is 6.66. The smallest absolute Gasteiger partial charge is 0.0991 e. The topological polar surface area (TPSA) is 39.1 Å². The molecule has 0 aliphatic carbocycles. The zero-order valence-electron chi connectivity index (χ0n) is 13.0. The molecule has 1 aromatic rings. The summed E-state index contributed by atoms with van der Waals surface area (Å²) in [5, 5.41) is 12.7. The van der Waals surface area contributed by atoms with Crippen LogP contribution < -0.4 is 5.32 Å². The van der Waals surface area contributed by atoms with Gasteiger partial charge in [0, 0.05) is 24.2 Å². The van der Waals surface area contributed by atoms with E-state index in [0.29, 0.717) is 12.1 Å². The van der Waals surface area contributed by atoms with Crippen LogP contribution in [0.15, 0.2) is 24.3 Å². The molecule has 2 bridgehead atoms. The van der Waals surface area contributed by atoms with Gasteiger partial charge >= 0.3 is 0 Å². The van der Waals surface area contributed by atoms with Crippen molar-refractivity contribution in [2.75, 3.05) is 7.05 Å². The summed E-state index contributed by atoms with van der Waals surface area (Å²) >= 11 is 0. The summed E-state index contributed by atoms with van der Waals surface area (Å²) in [5.74, 6) is 0. The highest BCUT2D eigenvalue weighted by Crippen LogP contribution is 2.33. The van der Waals surface area contributed by atoms with Crippen LogP contribution in [-0.4, -0.2) is 30.1 Å². The predicted octanol–water partition coefficient (Wildman–Crippen LogP) is 3.22. The molecule has 0 saturated carbocycles. The Morgan fingerprint density at radius 3 is 2.38 bits per heavy atom. The molecular formula is C18H25N3. The molecule has 2 fully saturated rings. The normalized spacial score (nSPS) is 30.6. The average Bonchev–Trinajstić information content (AvgIpc) is 2.48. The summed E-state index contributed by atoms with van der Waals surface area (Å²) < 4.78 is 0. The number of benzene rings is 1. The number of piperidine rings is 2. The monoisotopic (exact) mass is 283 g/mol. The maximum atomic E-state index is 8.87. The van der Waals surface area contributed by atoms with E-state index in [2.05, 4.69) is 42.4 Å². The van der Waals surface area contributed by atoms with E-state index in [1.807, 2.05) is 12.1 Å². The Labute approximate surface area is 128 Å². The van der Waals surface area contributed by atoms with Gasteiger partial charge in [0.15, 0.2) is 0 Å². The molecule has 0 radical (unpaired) electrons. The van der Waals surface area contributed by atoms with Crippen molar-refractivity contribution in [1.29, 1.82) is 5.26 Å². The number of nitriles is 1. The van der Waals surface area contributed by atoms with Gasteiger partial charge in [0.1, 0.15) is 0 Å². The summed E-state index contributed by atoms with van der Waals surface area (Å²) in [4.78, 5) is 2.61. The van der Waals surface area contributed by atoms with Crippen molar-refractivity contribution in [3.63, 3.8) is 0 Å². The van der Waals surface area contributed by atoms with Crippen LogP contribution >= 0.6 is 0 Å². The van der Waals surface area contributed by atoms with Crippen LogP contribution in [0.5, 0.6) is 0 Å². The molecule has 2 heterocycles. The lowest BCUT2D eigenvalue weighted by Gasteiger charge is -2.47. The SMILES string of the molecule is CC(NC1CC2CCCC(C1)N2C)c1ccc(C#N)cc1. The maximum Gasteiger partial charge on any atom is 0.0991 e. The fraction of sp³-hybridized carbons (Fsp3) is 0.611. The van der Waals surface area contributed by atoms with Crippen molar-refractivity contribution < 1.29 is 0 Å². The summed E-state index contributed by atoms with van der Waals surface area (Å²) in [7, 11) is 2.30. The van der Waals surface area contributed by atoms with Gasteiger partial charge in [-0.3, -0.25) is 0 Å². The molecule has 2 saturated heterocycles. The molecule has 2 aliphatic rings. The number of nitrogens with zero attached hydrogens (tertiary/aromatic N) is 2. The third-order valence-electron chi connectivity index (χ3n) is 5.37. The van der Waals surface area contributed by atoms with Crippen LogP contribution in [0.1, 0.15) is 56.2 Å². The molecule has 3 rings (SSSR count). The van der Waals surface area contributed by atoms with Crippen molar-refractivity contribution in [2.24, 2.45) is 0 Å². The fourth-order valence-electron chi connectivity index (χ4n) is 4.05. The largest absolute Gasteiger partial charge is 0.307 e.